The molecule has 0 spiro atoms. The summed E-state index contributed by atoms with van der Waals surface area (Å²) < 4.78 is 9.92. The SMILES string of the molecule is CCC1CC(=O)CC1C(=O)COC.CCC1CC(N(Cc2ccccc2)Cc2ccccc2)CC1C(=O)COC.c1ccc(CCCc2ccccc2)cc1. The summed E-state index contributed by atoms with van der Waals surface area (Å²) in [7, 11) is 3.12. The molecule has 0 bridgehead atoms. The van der Waals surface area contributed by atoms with Gasteiger partial charge < -0.3 is 9.47 Å². The first-order chi connectivity index (χ1) is 26.8. The van der Waals surface area contributed by atoms with Crippen molar-refractivity contribution in [1.29, 1.82) is 0 Å². The number of methoxy groups -OCH3 is 2. The van der Waals surface area contributed by atoms with Crippen LogP contribution in [0.5, 0.6) is 0 Å². The second kappa shape index (κ2) is 24.3. The maximum atomic E-state index is 12.6. The van der Waals surface area contributed by atoms with Crippen molar-refractivity contribution >= 4 is 17.3 Å². The van der Waals surface area contributed by atoms with Crippen molar-refractivity contribution < 1.29 is 23.9 Å². The Balaban J connectivity index is 0.000000202. The molecule has 0 saturated heterocycles. The topological polar surface area (TPSA) is 72.9 Å². The summed E-state index contributed by atoms with van der Waals surface area (Å²) in [6, 6.07) is 43.1. The average Bonchev–Trinajstić information content (AvgIpc) is 3.84. The highest BCUT2D eigenvalue weighted by molar-refractivity contribution is 5.92. The number of carbonyl (C=O) groups is 3. The molecular formula is C49H63NO5. The van der Waals surface area contributed by atoms with Gasteiger partial charge in [0.1, 0.15) is 19.0 Å². The van der Waals surface area contributed by atoms with Gasteiger partial charge in [-0.05, 0) is 66.2 Å². The fraction of sp³-hybridized carbons (Fsp3) is 0.449. The third-order valence-electron chi connectivity index (χ3n) is 11.2. The van der Waals surface area contributed by atoms with Gasteiger partial charge >= 0.3 is 0 Å². The zero-order valence-corrected chi connectivity index (χ0v) is 33.6. The third-order valence-corrected chi connectivity index (χ3v) is 11.2. The van der Waals surface area contributed by atoms with E-state index in [0.29, 0.717) is 24.8 Å². The molecule has 2 aliphatic rings. The molecule has 0 aromatic heterocycles. The van der Waals surface area contributed by atoms with Crippen LogP contribution in [0.25, 0.3) is 0 Å². The molecule has 5 atom stereocenters. The molecule has 0 amide bonds. The highest BCUT2D eigenvalue weighted by Gasteiger charge is 2.40. The monoisotopic (exact) mass is 745 g/mol. The highest BCUT2D eigenvalue weighted by Crippen LogP contribution is 2.39. The first kappa shape index (κ1) is 43.5. The van der Waals surface area contributed by atoms with Gasteiger partial charge in [-0.1, -0.05) is 148 Å². The van der Waals surface area contributed by atoms with Crippen molar-refractivity contribution in [2.75, 3.05) is 27.4 Å². The average molecular weight is 746 g/mol. The molecule has 6 heteroatoms. The van der Waals surface area contributed by atoms with Crippen molar-refractivity contribution in [1.82, 2.24) is 4.90 Å². The first-order valence-electron chi connectivity index (χ1n) is 20.3. The van der Waals surface area contributed by atoms with E-state index in [1.807, 2.05) is 6.92 Å². The molecule has 6 nitrogen and oxygen atoms in total. The lowest BCUT2D eigenvalue weighted by atomic mass is 9.90. The van der Waals surface area contributed by atoms with E-state index in [2.05, 4.69) is 133 Å². The summed E-state index contributed by atoms with van der Waals surface area (Å²) in [6.07, 6.45) is 8.60. The number of rotatable bonds is 17. The molecule has 2 aliphatic carbocycles. The molecule has 2 saturated carbocycles. The molecule has 6 rings (SSSR count). The van der Waals surface area contributed by atoms with Crippen LogP contribution in [-0.4, -0.2) is 55.7 Å². The number of carbonyl (C=O) groups excluding carboxylic acids is 3. The van der Waals surface area contributed by atoms with E-state index < -0.39 is 0 Å². The van der Waals surface area contributed by atoms with Crippen LogP contribution >= 0.6 is 0 Å². The smallest absolute Gasteiger partial charge is 0.162 e. The Labute approximate surface area is 330 Å². The van der Waals surface area contributed by atoms with Crippen LogP contribution in [0.3, 0.4) is 0 Å². The molecule has 4 aromatic rings. The van der Waals surface area contributed by atoms with Crippen molar-refractivity contribution in [3.8, 4) is 0 Å². The second-order valence-corrected chi connectivity index (χ2v) is 15.1. The molecule has 4 aromatic carbocycles. The Kier molecular flexibility index (Phi) is 19.2. The van der Waals surface area contributed by atoms with Gasteiger partial charge in [-0.15, -0.1) is 0 Å². The predicted octanol–water partition coefficient (Wildman–Crippen LogP) is 9.78. The van der Waals surface area contributed by atoms with Gasteiger partial charge in [0.05, 0.1) is 0 Å². The number of hydrogen-bond donors (Lipinski definition) is 0. The first-order valence-corrected chi connectivity index (χ1v) is 20.3. The summed E-state index contributed by atoms with van der Waals surface area (Å²) in [5.41, 5.74) is 5.53. The van der Waals surface area contributed by atoms with Gasteiger partial charge in [0.25, 0.3) is 0 Å². The van der Waals surface area contributed by atoms with E-state index in [4.69, 9.17) is 9.47 Å². The molecule has 0 heterocycles. The number of hydrogen-bond acceptors (Lipinski definition) is 6. The second-order valence-electron chi connectivity index (χ2n) is 15.1. The number of Topliss-reactive ketones (excluding diaryl/α,β-unsaturated/α-hetero) is 3. The van der Waals surface area contributed by atoms with Crippen LogP contribution in [0.15, 0.2) is 121 Å². The van der Waals surface area contributed by atoms with Crippen LogP contribution < -0.4 is 0 Å². The molecule has 0 N–H and O–H groups in total. The standard InChI is InChI=1S/C24H31NO2.C15H16.C10H16O3/c1-3-21-14-22(15-23(21)24(26)18-27-2)25(16-19-10-6-4-7-11-19)17-20-12-8-5-9-13-20;1-3-8-14(9-4-1)12-7-13-15-10-5-2-6-11-15;1-3-7-4-8(11)5-9(7)10(12)6-13-2/h4-13,21-23H,3,14-18H2,1-2H3;1-6,8-11H,7,12-13H2;7,9H,3-6H2,1-2H3. The van der Waals surface area contributed by atoms with Gasteiger partial charge in [-0.25, -0.2) is 0 Å². The summed E-state index contributed by atoms with van der Waals surface area (Å²) in [6.45, 7) is 6.46. The van der Waals surface area contributed by atoms with Crippen molar-refractivity contribution in [3.05, 3.63) is 144 Å². The van der Waals surface area contributed by atoms with Crippen LogP contribution in [0.1, 0.15) is 81.0 Å². The zero-order chi connectivity index (χ0) is 39.3. The molecule has 0 radical (unpaired) electrons. The number of benzene rings is 4. The summed E-state index contributed by atoms with van der Waals surface area (Å²) in [5, 5.41) is 0. The molecule has 55 heavy (non-hydrogen) atoms. The Hall–Kier alpha value is -4.23. The lowest BCUT2D eigenvalue weighted by Crippen LogP contribution is -2.33. The largest absolute Gasteiger partial charge is 0.377 e. The maximum absolute atomic E-state index is 12.6. The predicted molar refractivity (Wildman–Crippen MR) is 223 cm³/mol. The Morgan fingerprint density at radius 1 is 0.564 bits per heavy atom. The molecule has 2 fully saturated rings. The summed E-state index contributed by atoms with van der Waals surface area (Å²) in [5.74, 6) is 1.36. The fourth-order valence-electron chi connectivity index (χ4n) is 8.21. The third kappa shape index (κ3) is 14.7. The minimum Gasteiger partial charge on any atom is -0.377 e. The number of ketones is 3. The number of ether oxygens (including phenoxy) is 2. The molecule has 0 aliphatic heterocycles. The van der Waals surface area contributed by atoms with Crippen LogP contribution in [0.4, 0.5) is 0 Å². The summed E-state index contributed by atoms with van der Waals surface area (Å²) in [4.78, 5) is 37.7. The lowest BCUT2D eigenvalue weighted by Gasteiger charge is -2.29. The maximum Gasteiger partial charge on any atom is 0.162 e. The fourth-order valence-corrected chi connectivity index (χ4v) is 8.21. The van der Waals surface area contributed by atoms with Crippen LogP contribution in [0.2, 0.25) is 0 Å². The van der Waals surface area contributed by atoms with Crippen molar-refractivity contribution in [2.45, 2.75) is 90.8 Å². The molecule has 5 unspecified atom stereocenters. The summed E-state index contributed by atoms with van der Waals surface area (Å²) >= 11 is 0. The van der Waals surface area contributed by atoms with Crippen LogP contribution in [0, 0.1) is 23.7 Å². The molecular weight excluding hydrogens is 683 g/mol. The Morgan fingerprint density at radius 3 is 1.40 bits per heavy atom. The van der Waals surface area contributed by atoms with Gasteiger partial charge in [0.15, 0.2) is 11.6 Å². The van der Waals surface area contributed by atoms with E-state index in [1.54, 1.807) is 7.11 Å². The Morgan fingerprint density at radius 2 is 0.982 bits per heavy atom. The number of nitrogens with zero attached hydrogens (tertiary/aromatic N) is 1. The van der Waals surface area contributed by atoms with Crippen molar-refractivity contribution in [3.63, 3.8) is 0 Å². The van der Waals surface area contributed by atoms with E-state index >= 15 is 0 Å². The minimum atomic E-state index is -0.0718. The molecule has 294 valence electrons. The lowest BCUT2D eigenvalue weighted by molar-refractivity contribution is -0.128. The van der Waals surface area contributed by atoms with Gasteiger partial charge in [-0.2, -0.15) is 0 Å². The van der Waals surface area contributed by atoms with E-state index in [-0.39, 0.29) is 48.3 Å². The highest BCUT2D eigenvalue weighted by atomic mass is 16.5. The van der Waals surface area contributed by atoms with E-state index in [0.717, 1.165) is 38.8 Å². The van der Waals surface area contributed by atoms with E-state index in [1.165, 1.54) is 48.6 Å². The quantitative estimate of drug-likeness (QED) is 0.107. The Bertz CT molecular complexity index is 1580. The van der Waals surface area contributed by atoms with Gasteiger partial charge in [-0.3, -0.25) is 19.3 Å². The van der Waals surface area contributed by atoms with Crippen LogP contribution in [-0.2, 0) is 49.8 Å². The van der Waals surface area contributed by atoms with E-state index in [9.17, 15) is 14.4 Å². The number of aryl methyl sites for hydroxylation is 2. The zero-order valence-electron chi connectivity index (χ0n) is 33.6. The van der Waals surface area contributed by atoms with Crippen molar-refractivity contribution in [2.24, 2.45) is 23.7 Å². The minimum absolute atomic E-state index is 0.0718. The van der Waals surface area contributed by atoms with Gasteiger partial charge in [0, 0.05) is 58.0 Å². The van der Waals surface area contributed by atoms with Gasteiger partial charge in [0.2, 0.25) is 0 Å². The normalized spacial score (nSPS) is 20.3.